The van der Waals surface area contributed by atoms with Crippen molar-refractivity contribution >= 4 is 33.7 Å². The topological polar surface area (TPSA) is 121 Å². The van der Waals surface area contributed by atoms with Crippen LogP contribution in [-0.2, 0) is 17.9 Å². The predicted molar refractivity (Wildman–Crippen MR) is 126 cm³/mol. The fourth-order valence-corrected chi connectivity index (χ4v) is 3.71. The number of aromatic nitrogens is 2. The van der Waals surface area contributed by atoms with Gasteiger partial charge < -0.3 is 9.47 Å². The molecule has 33 heavy (non-hydrogen) atoms. The molecule has 0 aliphatic carbocycles. The molecule has 0 fully saturated rings. The van der Waals surface area contributed by atoms with Crippen LogP contribution in [0.15, 0.2) is 52.0 Å². The van der Waals surface area contributed by atoms with Gasteiger partial charge >= 0.3 is 5.69 Å². The SMILES string of the molecule is COc1cc(C=NNC(=O)Cn2nc(C)c([N+](=O)[O-])c2C)cc(Br)c1OCc1ccccc1. The van der Waals surface area contributed by atoms with Crippen LogP contribution in [0, 0.1) is 24.0 Å². The Morgan fingerprint density at radius 3 is 2.67 bits per heavy atom. The second kappa shape index (κ2) is 10.7. The summed E-state index contributed by atoms with van der Waals surface area (Å²) in [7, 11) is 1.54. The Labute approximate surface area is 198 Å². The van der Waals surface area contributed by atoms with Gasteiger partial charge in [-0.3, -0.25) is 19.6 Å². The molecule has 11 heteroatoms. The zero-order valence-electron chi connectivity index (χ0n) is 18.2. The van der Waals surface area contributed by atoms with E-state index < -0.39 is 10.8 Å². The highest BCUT2D eigenvalue weighted by Gasteiger charge is 2.22. The van der Waals surface area contributed by atoms with Crippen LogP contribution in [0.25, 0.3) is 0 Å². The molecule has 0 atom stereocenters. The zero-order valence-corrected chi connectivity index (χ0v) is 19.8. The summed E-state index contributed by atoms with van der Waals surface area (Å²) in [6, 6.07) is 13.3. The number of benzene rings is 2. The second-order valence-corrected chi connectivity index (χ2v) is 7.89. The summed E-state index contributed by atoms with van der Waals surface area (Å²) in [5.41, 5.74) is 4.53. The van der Waals surface area contributed by atoms with Crippen molar-refractivity contribution < 1.29 is 19.2 Å². The molecule has 0 bridgehead atoms. The van der Waals surface area contributed by atoms with E-state index in [-0.39, 0.29) is 17.9 Å². The molecule has 0 aliphatic rings. The number of amides is 1. The molecule has 0 saturated heterocycles. The third-order valence-electron chi connectivity index (χ3n) is 4.70. The fourth-order valence-electron chi connectivity index (χ4n) is 3.14. The van der Waals surface area contributed by atoms with Gasteiger partial charge in [-0.1, -0.05) is 30.3 Å². The number of carbonyl (C=O) groups excluding carboxylic acids is 1. The molecule has 1 N–H and O–H groups in total. The molecule has 1 aromatic heterocycles. The number of hydrazone groups is 1. The van der Waals surface area contributed by atoms with Gasteiger partial charge in [0.05, 0.1) is 22.7 Å². The molecule has 2 aromatic carbocycles. The van der Waals surface area contributed by atoms with Crippen LogP contribution < -0.4 is 14.9 Å². The number of carbonyl (C=O) groups is 1. The lowest BCUT2D eigenvalue weighted by Crippen LogP contribution is -2.24. The third kappa shape index (κ3) is 5.95. The molecular formula is C22H22BrN5O5. The monoisotopic (exact) mass is 515 g/mol. The molecule has 0 saturated carbocycles. The average molecular weight is 516 g/mol. The third-order valence-corrected chi connectivity index (χ3v) is 5.29. The van der Waals surface area contributed by atoms with Gasteiger partial charge in [-0.2, -0.15) is 10.2 Å². The maximum Gasteiger partial charge on any atom is 0.312 e. The first-order chi connectivity index (χ1) is 15.8. The van der Waals surface area contributed by atoms with Crippen molar-refractivity contribution in [1.82, 2.24) is 15.2 Å². The number of ether oxygens (including phenoxy) is 2. The maximum absolute atomic E-state index is 12.2. The lowest BCUT2D eigenvalue weighted by molar-refractivity contribution is -0.386. The quantitative estimate of drug-likeness (QED) is 0.262. The zero-order chi connectivity index (χ0) is 24.0. The van der Waals surface area contributed by atoms with Crippen LogP contribution in [0.4, 0.5) is 5.69 Å². The van der Waals surface area contributed by atoms with Crippen molar-refractivity contribution in [2.24, 2.45) is 5.10 Å². The van der Waals surface area contributed by atoms with Crippen LogP contribution in [0.1, 0.15) is 22.5 Å². The second-order valence-electron chi connectivity index (χ2n) is 7.04. The first-order valence-corrected chi connectivity index (χ1v) is 10.6. The molecule has 0 unspecified atom stereocenters. The number of hydrogen-bond donors (Lipinski definition) is 1. The lowest BCUT2D eigenvalue weighted by Gasteiger charge is -2.13. The molecule has 3 aromatic rings. The molecule has 1 heterocycles. The first-order valence-electron chi connectivity index (χ1n) is 9.84. The van der Waals surface area contributed by atoms with Gasteiger partial charge in [-0.15, -0.1) is 0 Å². The van der Waals surface area contributed by atoms with Gasteiger partial charge in [0.1, 0.15) is 24.5 Å². The van der Waals surface area contributed by atoms with Crippen LogP contribution in [-0.4, -0.2) is 33.9 Å². The van der Waals surface area contributed by atoms with Crippen LogP contribution in [0.3, 0.4) is 0 Å². The van der Waals surface area contributed by atoms with Crippen molar-refractivity contribution in [2.45, 2.75) is 27.0 Å². The minimum Gasteiger partial charge on any atom is -0.493 e. The lowest BCUT2D eigenvalue weighted by atomic mass is 10.2. The van der Waals surface area contributed by atoms with Crippen LogP contribution in [0.5, 0.6) is 11.5 Å². The number of nitrogens with one attached hydrogen (secondary N) is 1. The fraction of sp³-hybridized carbons (Fsp3) is 0.227. The largest absolute Gasteiger partial charge is 0.493 e. The number of aryl methyl sites for hydroxylation is 1. The number of hydrogen-bond acceptors (Lipinski definition) is 7. The highest BCUT2D eigenvalue weighted by molar-refractivity contribution is 9.10. The summed E-state index contributed by atoms with van der Waals surface area (Å²) in [4.78, 5) is 22.8. The molecule has 0 spiro atoms. The number of halogens is 1. The highest BCUT2D eigenvalue weighted by atomic mass is 79.9. The summed E-state index contributed by atoms with van der Waals surface area (Å²) in [6.45, 7) is 3.25. The van der Waals surface area contributed by atoms with Crippen LogP contribution in [0.2, 0.25) is 0 Å². The Kier molecular flexibility index (Phi) is 7.78. The molecule has 3 rings (SSSR count). The van der Waals surface area contributed by atoms with Crippen molar-refractivity contribution in [1.29, 1.82) is 0 Å². The van der Waals surface area contributed by atoms with E-state index in [1.54, 1.807) is 19.1 Å². The van der Waals surface area contributed by atoms with Gasteiger partial charge in [0.2, 0.25) is 0 Å². The van der Waals surface area contributed by atoms with E-state index in [9.17, 15) is 14.9 Å². The summed E-state index contributed by atoms with van der Waals surface area (Å²) in [5.74, 6) is 0.581. The molecule has 172 valence electrons. The summed E-state index contributed by atoms with van der Waals surface area (Å²) in [6.07, 6.45) is 1.45. The average Bonchev–Trinajstić information content (AvgIpc) is 3.06. The van der Waals surface area contributed by atoms with Crippen LogP contribution >= 0.6 is 15.9 Å². The number of methoxy groups -OCH3 is 1. The molecule has 0 radical (unpaired) electrons. The summed E-state index contributed by atoms with van der Waals surface area (Å²) in [5, 5.41) is 19.1. The van der Waals surface area contributed by atoms with E-state index in [1.807, 2.05) is 30.3 Å². The number of nitro groups is 1. The predicted octanol–water partition coefficient (Wildman–Crippen LogP) is 3.91. The van der Waals surface area contributed by atoms with Gasteiger partial charge in [0.15, 0.2) is 11.5 Å². The molecule has 0 aliphatic heterocycles. The van der Waals surface area contributed by atoms with Crippen molar-refractivity contribution in [3.8, 4) is 11.5 Å². The van der Waals surface area contributed by atoms with E-state index in [2.05, 4.69) is 31.6 Å². The van der Waals surface area contributed by atoms with E-state index in [0.717, 1.165) is 5.56 Å². The van der Waals surface area contributed by atoms with Gasteiger partial charge in [0, 0.05) is 0 Å². The number of rotatable bonds is 9. The Bertz CT molecular complexity index is 1190. The van der Waals surface area contributed by atoms with Crippen molar-refractivity contribution in [3.63, 3.8) is 0 Å². The summed E-state index contributed by atoms with van der Waals surface area (Å²) < 4.78 is 13.3. The minimum atomic E-state index is -0.511. The van der Waals surface area contributed by atoms with Gasteiger partial charge in [-0.25, -0.2) is 5.43 Å². The van der Waals surface area contributed by atoms with Crippen molar-refractivity contribution in [2.75, 3.05) is 7.11 Å². The molecule has 1 amide bonds. The Morgan fingerprint density at radius 2 is 2.03 bits per heavy atom. The normalized spacial score (nSPS) is 10.9. The van der Waals surface area contributed by atoms with E-state index in [0.29, 0.717) is 33.8 Å². The minimum absolute atomic E-state index is 0.0992. The van der Waals surface area contributed by atoms with Gasteiger partial charge in [-0.05, 0) is 53.0 Å². The Morgan fingerprint density at radius 1 is 1.30 bits per heavy atom. The Balaban J connectivity index is 1.65. The van der Waals surface area contributed by atoms with E-state index >= 15 is 0 Å². The van der Waals surface area contributed by atoms with Crippen molar-refractivity contribution in [3.05, 3.63) is 79.6 Å². The smallest absolute Gasteiger partial charge is 0.312 e. The van der Waals surface area contributed by atoms with Gasteiger partial charge in [0.25, 0.3) is 5.91 Å². The standard InChI is InChI=1S/C22H22BrN5O5/c1-14-21(28(30)31)15(2)27(26-14)12-20(29)25-24-11-17-9-18(23)22(19(10-17)32-3)33-13-16-7-5-4-6-8-16/h4-11H,12-13H2,1-3H3,(H,25,29). The van der Waals surface area contributed by atoms with E-state index in [4.69, 9.17) is 9.47 Å². The molecule has 10 nitrogen and oxygen atoms in total. The molecular weight excluding hydrogens is 494 g/mol. The Hall–Kier alpha value is -3.73. The van der Waals surface area contributed by atoms with E-state index in [1.165, 1.54) is 24.9 Å². The first kappa shape index (κ1) is 23.9. The summed E-state index contributed by atoms with van der Waals surface area (Å²) >= 11 is 3.49. The highest BCUT2D eigenvalue weighted by Crippen LogP contribution is 2.36. The number of nitrogens with zero attached hydrogens (tertiary/aromatic N) is 4. The maximum atomic E-state index is 12.2.